The lowest BCUT2D eigenvalue weighted by molar-refractivity contribution is 0.0492. The van der Waals surface area contributed by atoms with Crippen LogP contribution in [0.25, 0.3) is 0 Å². The minimum Gasteiger partial charge on any atom is -0.326 e. The number of rotatable bonds is 4. The average Bonchev–Trinajstić information content (AvgIpc) is 2.43. The van der Waals surface area contributed by atoms with Crippen LogP contribution in [0.2, 0.25) is 0 Å². The Hall–Kier alpha value is -0.900. The number of hydrogen-bond acceptors (Lipinski definition) is 3. The van der Waals surface area contributed by atoms with Gasteiger partial charge in [0, 0.05) is 31.7 Å². The lowest BCUT2D eigenvalue weighted by Crippen LogP contribution is -2.54. The van der Waals surface area contributed by atoms with Crippen LogP contribution in [0.4, 0.5) is 0 Å². The van der Waals surface area contributed by atoms with Crippen LogP contribution in [0.5, 0.6) is 0 Å². The fourth-order valence-corrected chi connectivity index (χ4v) is 3.24. The van der Waals surface area contributed by atoms with Crippen molar-refractivity contribution in [3.63, 3.8) is 0 Å². The van der Waals surface area contributed by atoms with Gasteiger partial charge in [-0.05, 0) is 32.9 Å². The van der Waals surface area contributed by atoms with Gasteiger partial charge in [0.05, 0.1) is 6.04 Å². The van der Waals surface area contributed by atoms with E-state index in [4.69, 9.17) is 5.73 Å². The molecule has 1 aliphatic rings. The second-order valence-corrected chi connectivity index (χ2v) is 6.28. The molecule has 3 nitrogen and oxygen atoms in total. The summed E-state index contributed by atoms with van der Waals surface area (Å²) in [4.78, 5) is 5.00. The maximum atomic E-state index is 6.46. The molecule has 3 atom stereocenters. The number of benzene rings is 1. The molecule has 1 fully saturated rings. The van der Waals surface area contributed by atoms with Crippen molar-refractivity contribution in [2.24, 2.45) is 5.73 Å². The molecule has 0 spiro atoms. The summed E-state index contributed by atoms with van der Waals surface area (Å²) in [5.41, 5.74) is 9.13. The predicted molar refractivity (Wildman–Crippen MR) is 85.9 cm³/mol. The lowest BCUT2D eigenvalue weighted by Gasteiger charge is -2.45. The molecule has 2 rings (SSSR count). The molecule has 1 aromatic rings. The zero-order chi connectivity index (χ0) is 14.7. The average molecular weight is 275 g/mol. The standard InChI is InChI=1S/C17H29N3/c1-5-16(18)17(15-8-6-13(2)7-9-15)20-11-10-19(4)12-14(20)3/h6-9,14,16-17H,5,10-12,18H2,1-4H3. The van der Waals surface area contributed by atoms with E-state index in [1.54, 1.807) is 0 Å². The number of nitrogens with zero attached hydrogens (tertiary/aromatic N) is 2. The molecule has 0 saturated carbocycles. The molecule has 0 aliphatic carbocycles. The van der Waals surface area contributed by atoms with Crippen molar-refractivity contribution in [3.05, 3.63) is 35.4 Å². The van der Waals surface area contributed by atoms with E-state index in [9.17, 15) is 0 Å². The normalized spacial score (nSPS) is 24.6. The Bertz CT molecular complexity index is 415. The van der Waals surface area contributed by atoms with Gasteiger partial charge in [0.2, 0.25) is 0 Å². The van der Waals surface area contributed by atoms with Gasteiger partial charge in [-0.25, -0.2) is 0 Å². The van der Waals surface area contributed by atoms with Crippen LogP contribution in [0, 0.1) is 6.92 Å². The number of nitrogens with two attached hydrogens (primary N) is 1. The molecule has 3 unspecified atom stereocenters. The van der Waals surface area contributed by atoms with E-state index >= 15 is 0 Å². The number of aryl methyl sites for hydroxylation is 1. The number of piperazine rings is 1. The van der Waals surface area contributed by atoms with Gasteiger partial charge >= 0.3 is 0 Å². The van der Waals surface area contributed by atoms with Gasteiger partial charge < -0.3 is 10.6 Å². The number of likely N-dealkylation sites (N-methyl/N-ethyl adjacent to an activating group) is 1. The highest BCUT2D eigenvalue weighted by Crippen LogP contribution is 2.29. The highest BCUT2D eigenvalue weighted by Gasteiger charge is 2.32. The molecule has 0 amide bonds. The van der Waals surface area contributed by atoms with Crippen LogP contribution in [-0.4, -0.2) is 48.6 Å². The first kappa shape index (κ1) is 15.5. The first-order chi connectivity index (χ1) is 9.52. The van der Waals surface area contributed by atoms with Crippen LogP contribution >= 0.6 is 0 Å². The van der Waals surface area contributed by atoms with Crippen molar-refractivity contribution in [1.82, 2.24) is 9.80 Å². The summed E-state index contributed by atoms with van der Waals surface area (Å²) in [6, 6.07) is 9.99. The SMILES string of the molecule is CCC(N)C(c1ccc(C)cc1)N1CCN(C)CC1C. The first-order valence-corrected chi connectivity index (χ1v) is 7.79. The molecule has 1 aliphatic heterocycles. The van der Waals surface area contributed by atoms with Crippen molar-refractivity contribution in [2.75, 3.05) is 26.7 Å². The Kier molecular flexibility index (Phi) is 5.19. The lowest BCUT2D eigenvalue weighted by atomic mass is 9.93. The summed E-state index contributed by atoms with van der Waals surface area (Å²) >= 11 is 0. The second kappa shape index (κ2) is 6.70. The van der Waals surface area contributed by atoms with Crippen molar-refractivity contribution in [2.45, 2.75) is 45.3 Å². The fraction of sp³-hybridized carbons (Fsp3) is 0.647. The summed E-state index contributed by atoms with van der Waals surface area (Å²) < 4.78 is 0. The van der Waals surface area contributed by atoms with E-state index in [0.29, 0.717) is 12.1 Å². The molecular formula is C17H29N3. The maximum absolute atomic E-state index is 6.46. The van der Waals surface area contributed by atoms with Crippen LogP contribution < -0.4 is 5.73 Å². The van der Waals surface area contributed by atoms with Crippen LogP contribution in [0.1, 0.15) is 37.4 Å². The summed E-state index contributed by atoms with van der Waals surface area (Å²) in [7, 11) is 2.20. The van der Waals surface area contributed by atoms with E-state index < -0.39 is 0 Å². The van der Waals surface area contributed by atoms with Gasteiger partial charge in [-0.1, -0.05) is 36.8 Å². The molecule has 3 heteroatoms. The van der Waals surface area contributed by atoms with Gasteiger partial charge in [0.25, 0.3) is 0 Å². The molecule has 0 bridgehead atoms. The van der Waals surface area contributed by atoms with E-state index in [0.717, 1.165) is 26.1 Å². The van der Waals surface area contributed by atoms with E-state index in [2.05, 4.69) is 61.9 Å². The minimum atomic E-state index is 0.198. The largest absolute Gasteiger partial charge is 0.326 e. The van der Waals surface area contributed by atoms with Crippen molar-refractivity contribution in [3.8, 4) is 0 Å². The fourth-order valence-electron chi connectivity index (χ4n) is 3.24. The topological polar surface area (TPSA) is 32.5 Å². The molecule has 1 aromatic carbocycles. The Morgan fingerprint density at radius 3 is 2.45 bits per heavy atom. The molecule has 1 heterocycles. The number of hydrogen-bond donors (Lipinski definition) is 1. The molecule has 1 saturated heterocycles. The van der Waals surface area contributed by atoms with Gasteiger partial charge in [0.15, 0.2) is 0 Å². The summed E-state index contributed by atoms with van der Waals surface area (Å²) in [5.74, 6) is 0. The van der Waals surface area contributed by atoms with E-state index in [1.807, 2.05) is 0 Å². The van der Waals surface area contributed by atoms with Crippen molar-refractivity contribution in [1.29, 1.82) is 0 Å². The summed E-state index contributed by atoms with van der Waals surface area (Å²) in [5, 5.41) is 0. The zero-order valence-electron chi connectivity index (χ0n) is 13.3. The van der Waals surface area contributed by atoms with Gasteiger partial charge in [-0.3, -0.25) is 4.90 Å². The van der Waals surface area contributed by atoms with Gasteiger partial charge in [0.1, 0.15) is 0 Å². The van der Waals surface area contributed by atoms with Crippen molar-refractivity contribution < 1.29 is 0 Å². The Morgan fingerprint density at radius 1 is 1.25 bits per heavy atom. The third-order valence-corrected chi connectivity index (χ3v) is 4.54. The van der Waals surface area contributed by atoms with Crippen molar-refractivity contribution >= 4 is 0 Å². The van der Waals surface area contributed by atoms with E-state index in [-0.39, 0.29) is 6.04 Å². The molecular weight excluding hydrogens is 246 g/mol. The second-order valence-electron chi connectivity index (χ2n) is 6.28. The van der Waals surface area contributed by atoms with Crippen LogP contribution in [-0.2, 0) is 0 Å². The highest BCUT2D eigenvalue weighted by atomic mass is 15.3. The Balaban J connectivity index is 2.25. The maximum Gasteiger partial charge on any atom is 0.0502 e. The molecule has 2 N–H and O–H groups in total. The van der Waals surface area contributed by atoms with Crippen LogP contribution in [0.3, 0.4) is 0 Å². The van der Waals surface area contributed by atoms with E-state index in [1.165, 1.54) is 11.1 Å². The Morgan fingerprint density at radius 2 is 1.90 bits per heavy atom. The molecule has 112 valence electrons. The Labute approximate surface area is 123 Å². The highest BCUT2D eigenvalue weighted by molar-refractivity contribution is 5.25. The van der Waals surface area contributed by atoms with Gasteiger partial charge in [-0.15, -0.1) is 0 Å². The smallest absolute Gasteiger partial charge is 0.0502 e. The molecule has 20 heavy (non-hydrogen) atoms. The summed E-state index contributed by atoms with van der Waals surface area (Å²) in [6.07, 6.45) is 1.01. The quantitative estimate of drug-likeness (QED) is 0.916. The van der Waals surface area contributed by atoms with Crippen LogP contribution in [0.15, 0.2) is 24.3 Å². The van der Waals surface area contributed by atoms with Gasteiger partial charge in [-0.2, -0.15) is 0 Å². The third kappa shape index (κ3) is 3.40. The monoisotopic (exact) mass is 275 g/mol. The zero-order valence-corrected chi connectivity index (χ0v) is 13.3. The molecule has 0 aromatic heterocycles. The third-order valence-electron chi connectivity index (χ3n) is 4.54. The predicted octanol–water partition coefficient (Wildman–Crippen LogP) is 2.41. The minimum absolute atomic E-state index is 0.198. The summed E-state index contributed by atoms with van der Waals surface area (Å²) in [6.45, 7) is 9.99. The first-order valence-electron chi connectivity index (χ1n) is 7.79. The molecule has 0 radical (unpaired) electrons.